The monoisotopic (exact) mass is 263 g/mol. The number of para-hydroxylation sites is 1. The second-order valence-electron chi connectivity index (χ2n) is 4.92. The lowest BCUT2D eigenvalue weighted by Gasteiger charge is -2.22. The number of aliphatic carboxylic acids is 1. The smallest absolute Gasteiger partial charge is 0.323 e. The van der Waals surface area contributed by atoms with Gasteiger partial charge in [-0.05, 0) is 18.6 Å². The number of carboxylic acids is 1. The Morgan fingerprint density at radius 1 is 1.05 bits per heavy atom. The fourth-order valence-corrected chi connectivity index (χ4v) is 2.18. The van der Waals surface area contributed by atoms with Crippen molar-refractivity contribution in [1.29, 1.82) is 0 Å². The molecular formula is C16H25NO2. The number of nitrogens with zero attached hydrogens (tertiary/aromatic N) is 1. The third-order valence-corrected chi connectivity index (χ3v) is 3.23. The molecule has 19 heavy (non-hydrogen) atoms. The van der Waals surface area contributed by atoms with Gasteiger partial charge in [0.1, 0.15) is 6.54 Å². The maximum atomic E-state index is 10.9. The van der Waals surface area contributed by atoms with Gasteiger partial charge in [0.15, 0.2) is 0 Å². The quantitative estimate of drug-likeness (QED) is 0.650. The minimum Gasteiger partial charge on any atom is -0.480 e. The lowest BCUT2D eigenvalue weighted by molar-refractivity contribution is -0.135. The van der Waals surface area contributed by atoms with Gasteiger partial charge in [0.2, 0.25) is 0 Å². The number of rotatable bonds is 10. The van der Waals surface area contributed by atoms with Gasteiger partial charge in [0, 0.05) is 12.2 Å². The van der Waals surface area contributed by atoms with Crippen molar-refractivity contribution in [3.63, 3.8) is 0 Å². The Labute approximate surface area is 116 Å². The van der Waals surface area contributed by atoms with Crippen LogP contribution in [0.4, 0.5) is 5.69 Å². The fourth-order valence-electron chi connectivity index (χ4n) is 2.18. The van der Waals surface area contributed by atoms with Gasteiger partial charge in [-0.15, -0.1) is 0 Å². The van der Waals surface area contributed by atoms with Crippen LogP contribution in [0.3, 0.4) is 0 Å². The Morgan fingerprint density at radius 2 is 1.68 bits per heavy atom. The van der Waals surface area contributed by atoms with E-state index in [2.05, 4.69) is 6.92 Å². The normalized spacial score (nSPS) is 10.4. The molecule has 0 atom stereocenters. The zero-order valence-corrected chi connectivity index (χ0v) is 11.8. The van der Waals surface area contributed by atoms with Gasteiger partial charge in [-0.1, -0.05) is 57.2 Å². The summed E-state index contributed by atoms with van der Waals surface area (Å²) in [5, 5.41) is 8.98. The molecule has 0 radical (unpaired) electrons. The molecule has 3 nitrogen and oxygen atoms in total. The molecule has 0 aliphatic rings. The first-order chi connectivity index (χ1) is 9.24. The summed E-state index contributed by atoms with van der Waals surface area (Å²) < 4.78 is 0. The third kappa shape index (κ3) is 6.85. The lowest BCUT2D eigenvalue weighted by Crippen LogP contribution is -2.30. The van der Waals surface area contributed by atoms with Crippen LogP contribution in [-0.4, -0.2) is 24.2 Å². The second kappa shape index (κ2) is 9.42. The number of hydrogen-bond donors (Lipinski definition) is 1. The summed E-state index contributed by atoms with van der Waals surface area (Å²) in [7, 11) is 0. The van der Waals surface area contributed by atoms with E-state index < -0.39 is 5.97 Å². The van der Waals surface area contributed by atoms with E-state index in [1.165, 1.54) is 32.1 Å². The van der Waals surface area contributed by atoms with Crippen LogP contribution >= 0.6 is 0 Å². The number of carboxylic acid groups (broad SMARTS) is 1. The van der Waals surface area contributed by atoms with Crippen LogP contribution in [0.2, 0.25) is 0 Å². The molecule has 1 aromatic carbocycles. The molecule has 0 amide bonds. The van der Waals surface area contributed by atoms with Crippen molar-refractivity contribution >= 4 is 11.7 Å². The van der Waals surface area contributed by atoms with Gasteiger partial charge in [-0.25, -0.2) is 0 Å². The van der Waals surface area contributed by atoms with E-state index in [0.717, 1.165) is 18.7 Å². The van der Waals surface area contributed by atoms with E-state index in [0.29, 0.717) is 0 Å². The van der Waals surface area contributed by atoms with Gasteiger partial charge >= 0.3 is 5.97 Å². The average Bonchev–Trinajstić information content (AvgIpc) is 2.42. The molecule has 0 saturated carbocycles. The Balaban J connectivity index is 2.36. The minimum absolute atomic E-state index is 0.0823. The highest BCUT2D eigenvalue weighted by Crippen LogP contribution is 2.14. The minimum atomic E-state index is -0.769. The molecule has 0 saturated heterocycles. The molecule has 0 spiro atoms. The van der Waals surface area contributed by atoms with Crippen LogP contribution in [0.15, 0.2) is 30.3 Å². The molecule has 106 valence electrons. The van der Waals surface area contributed by atoms with Gasteiger partial charge in [-0.3, -0.25) is 4.79 Å². The van der Waals surface area contributed by atoms with E-state index >= 15 is 0 Å². The molecule has 0 heterocycles. The average molecular weight is 263 g/mol. The van der Waals surface area contributed by atoms with Crippen molar-refractivity contribution in [2.45, 2.75) is 45.4 Å². The summed E-state index contributed by atoms with van der Waals surface area (Å²) in [6.07, 6.45) is 7.35. The Morgan fingerprint density at radius 3 is 2.32 bits per heavy atom. The van der Waals surface area contributed by atoms with Crippen LogP contribution in [0, 0.1) is 0 Å². The molecule has 1 N–H and O–H groups in total. The SMILES string of the molecule is CCCCCCCCN(CC(=O)O)c1ccccc1. The van der Waals surface area contributed by atoms with Crippen molar-refractivity contribution in [2.75, 3.05) is 18.0 Å². The predicted molar refractivity (Wildman–Crippen MR) is 79.7 cm³/mol. The van der Waals surface area contributed by atoms with Crippen molar-refractivity contribution in [1.82, 2.24) is 0 Å². The lowest BCUT2D eigenvalue weighted by atomic mass is 10.1. The van der Waals surface area contributed by atoms with Gasteiger partial charge in [0.25, 0.3) is 0 Å². The number of unbranched alkanes of at least 4 members (excludes halogenated alkanes) is 5. The molecule has 0 aliphatic carbocycles. The van der Waals surface area contributed by atoms with E-state index in [9.17, 15) is 4.79 Å². The van der Waals surface area contributed by atoms with Crippen molar-refractivity contribution < 1.29 is 9.90 Å². The van der Waals surface area contributed by atoms with Crippen LogP contribution in [0.5, 0.6) is 0 Å². The van der Waals surface area contributed by atoms with Crippen LogP contribution in [-0.2, 0) is 4.79 Å². The number of anilines is 1. The van der Waals surface area contributed by atoms with E-state index in [1.807, 2.05) is 35.2 Å². The standard InChI is InChI=1S/C16H25NO2/c1-2-3-4-5-6-10-13-17(14-16(18)19)15-11-8-7-9-12-15/h7-9,11-12H,2-6,10,13-14H2,1H3,(H,18,19). The molecular weight excluding hydrogens is 238 g/mol. The molecule has 0 fully saturated rings. The highest BCUT2D eigenvalue weighted by Gasteiger charge is 2.09. The largest absolute Gasteiger partial charge is 0.480 e. The number of benzene rings is 1. The Bertz CT molecular complexity index is 351. The molecule has 1 rings (SSSR count). The predicted octanol–water partition coefficient (Wildman–Crippen LogP) is 3.94. The van der Waals surface area contributed by atoms with Crippen LogP contribution in [0.1, 0.15) is 45.4 Å². The summed E-state index contributed by atoms with van der Waals surface area (Å²) in [5.74, 6) is -0.769. The first-order valence-electron chi connectivity index (χ1n) is 7.26. The molecule has 0 aromatic heterocycles. The van der Waals surface area contributed by atoms with Gasteiger partial charge in [0.05, 0.1) is 0 Å². The van der Waals surface area contributed by atoms with E-state index in [4.69, 9.17) is 5.11 Å². The van der Waals surface area contributed by atoms with E-state index in [1.54, 1.807) is 0 Å². The third-order valence-electron chi connectivity index (χ3n) is 3.23. The number of hydrogen-bond acceptors (Lipinski definition) is 2. The zero-order valence-electron chi connectivity index (χ0n) is 11.8. The maximum Gasteiger partial charge on any atom is 0.323 e. The first kappa shape index (κ1) is 15.5. The molecule has 0 aliphatic heterocycles. The molecule has 0 bridgehead atoms. The summed E-state index contributed by atoms with van der Waals surface area (Å²) in [5.41, 5.74) is 0.999. The zero-order chi connectivity index (χ0) is 13.9. The maximum absolute atomic E-state index is 10.9. The highest BCUT2D eigenvalue weighted by molar-refractivity contribution is 5.73. The summed E-state index contributed by atoms with van der Waals surface area (Å²) in [4.78, 5) is 12.9. The Hall–Kier alpha value is -1.51. The van der Waals surface area contributed by atoms with Crippen molar-refractivity contribution in [3.8, 4) is 0 Å². The second-order valence-corrected chi connectivity index (χ2v) is 4.92. The van der Waals surface area contributed by atoms with E-state index in [-0.39, 0.29) is 6.54 Å². The van der Waals surface area contributed by atoms with Crippen LogP contribution in [0.25, 0.3) is 0 Å². The van der Waals surface area contributed by atoms with Crippen LogP contribution < -0.4 is 4.90 Å². The van der Waals surface area contributed by atoms with Crippen molar-refractivity contribution in [3.05, 3.63) is 30.3 Å². The summed E-state index contributed by atoms with van der Waals surface area (Å²) in [6, 6.07) is 9.80. The summed E-state index contributed by atoms with van der Waals surface area (Å²) >= 11 is 0. The van der Waals surface area contributed by atoms with Gasteiger partial charge < -0.3 is 10.0 Å². The van der Waals surface area contributed by atoms with Crippen molar-refractivity contribution in [2.24, 2.45) is 0 Å². The first-order valence-corrected chi connectivity index (χ1v) is 7.26. The molecule has 3 heteroatoms. The topological polar surface area (TPSA) is 40.5 Å². The molecule has 1 aromatic rings. The summed E-state index contributed by atoms with van der Waals surface area (Å²) in [6.45, 7) is 3.12. The molecule has 0 unspecified atom stereocenters. The highest BCUT2D eigenvalue weighted by atomic mass is 16.4. The Kier molecular flexibility index (Phi) is 7.71. The fraction of sp³-hybridized carbons (Fsp3) is 0.562. The van der Waals surface area contributed by atoms with Gasteiger partial charge in [-0.2, -0.15) is 0 Å². The number of carbonyl (C=O) groups is 1.